The minimum atomic E-state index is -0.600. The number of benzene rings is 1. The smallest absolute Gasteiger partial charge is 0.270 e. The van der Waals surface area contributed by atoms with E-state index in [2.05, 4.69) is 20.6 Å². The third-order valence-corrected chi connectivity index (χ3v) is 10.0. The number of aryl methyl sites for hydroxylation is 2. The first-order valence-corrected chi connectivity index (χ1v) is 17.0. The largest absolute Gasteiger partial charge is 0.344 e. The Hall–Kier alpha value is -3.53. The minimum absolute atomic E-state index is 0.00199. The molecule has 45 heavy (non-hydrogen) atoms. The van der Waals surface area contributed by atoms with Gasteiger partial charge in [0.2, 0.25) is 11.8 Å². The molecule has 3 aliphatic rings. The van der Waals surface area contributed by atoms with E-state index in [1.54, 1.807) is 26.2 Å². The molecule has 10 nitrogen and oxygen atoms in total. The lowest BCUT2D eigenvalue weighted by Gasteiger charge is -2.30. The number of nitrogens with zero attached hydrogens (tertiary/aromatic N) is 4. The number of rotatable bonds is 12. The first kappa shape index (κ1) is 32.9. The van der Waals surface area contributed by atoms with Crippen molar-refractivity contribution in [3.05, 3.63) is 53.3 Å². The summed E-state index contributed by atoms with van der Waals surface area (Å²) in [5.74, 6) is -0.165. The van der Waals surface area contributed by atoms with Crippen molar-refractivity contribution >= 4 is 23.5 Å². The lowest BCUT2D eigenvalue weighted by Crippen LogP contribution is -2.51. The molecule has 10 heteroatoms. The van der Waals surface area contributed by atoms with Crippen LogP contribution >= 0.6 is 0 Å². The Morgan fingerprint density at radius 3 is 2.33 bits per heavy atom. The monoisotopic (exact) mass is 618 g/mol. The van der Waals surface area contributed by atoms with Crippen LogP contribution in [0.5, 0.6) is 0 Å². The van der Waals surface area contributed by atoms with Gasteiger partial charge in [0.25, 0.3) is 5.91 Å². The number of fused-ring (bicyclic) bond motifs is 1. The SMILES string of the molecule is CCC(=O)N[C@H](Cc1ccc(CCC(=O)[C@@H](NC(=O)c2ccnn2C)C2CCCCC2)cc1)C(=O)N1CCCN2CCCC2C1. The van der Waals surface area contributed by atoms with Gasteiger partial charge in [-0.25, -0.2) is 0 Å². The standard InChI is InChI=1S/C35H50N6O4/c1-3-32(43)37-29(35(45)41-22-8-21-40-20-7-11-28(40)24-41)23-26-14-12-25(13-15-26)16-17-31(42)33(27-9-5-4-6-10-27)38-34(44)30-18-19-36-39(30)2/h12-15,18-19,27-29,33H,3-11,16-17,20-24H2,1-2H3,(H,37,43)(H,38,44)/t28?,29-,33+/m1/s1. The van der Waals surface area contributed by atoms with E-state index in [1.165, 1.54) is 17.5 Å². The summed E-state index contributed by atoms with van der Waals surface area (Å²) in [4.78, 5) is 57.2. The Balaban J connectivity index is 1.20. The van der Waals surface area contributed by atoms with Gasteiger partial charge >= 0.3 is 0 Å². The maximum absolute atomic E-state index is 13.7. The number of carbonyl (C=O) groups excluding carboxylic acids is 4. The van der Waals surface area contributed by atoms with Crippen LogP contribution < -0.4 is 10.6 Å². The van der Waals surface area contributed by atoms with Crippen LogP contribution in [-0.4, -0.2) is 87.4 Å². The first-order valence-electron chi connectivity index (χ1n) is 17.0. The fourth-order valence-corrected chi connectivity index (χ4v) is 7.36. The van der Waals surface area contributed by atoms with Crippen LogP contribution in [0.1, 0.15) is 92.7 Å². The molecule has 3 fully saturated rings. The molecule has 5 rings (SSSR count). The summed E-state index contributed by atoms with van der Waals surface area (Å²) in [6.07, 6.45) is 11.7. The van der Waals surface area contributed by atoms with Crippen molar-refractivity contribution < 1.29 is 19.2 Å². The van der Waals surface area contributed by atoms with Crippen molar-refractivity contribution in [1.29, 1.82) is 0 Å². The predicted molar refractivity (Wildman–Crippen MR) is 173 cm³/mol. The normalized spacial score (nSPS) is 20.6. The molecule has 1 aromatic heterocycles. The van der Waals surface area contributed by atoms with E-state index in [9.17, 15) is 19.2 Å². The summed E-state index contributed by atoms with van der Waals surface area (Å²) in [6, 6.07) is 9.01. The lowest BCUT2D eigenvalue weighted by atomic mass is 9.81. The van der Waals surface area contributed by atoms with Gasteiger partial charge in [0.1, 0.15) is 11.7 Å². The van der Waals surface area contributed by atoms with Crippen LogP contribution in [0.4, 0.5) is 0 Å². The number of hydrogen-bond donors (Lipinski definition) is 2. The van der Waals surface area contributed by atoms with E-state index in [4.69, 9.17) is 0 Å². The van der Waals surface area contributed by atoms with Gasteiger partial charge in [-0.3, -0.25) is 28.8 Å². The first-order chi connectivity index (χ1) is 21.8. The molecule has 1 aliphatic carbocycles. The molecular formula is C35H50N6O4. The fraction of sp³-hybridized carbons (Fsp3) is 0.629. The van der Waals surface area contributed by atoms with Crippen LogP contribution in [-0.2, 0) is 34.3 Å². The van der Waals surface area contributed by atoms with Crippen LogP contribution in [0.25, 0.3) is 0 Å². The summed E-state index contributed by atoms with van der Waals surface area (Å²) in [6.45, 7) is 5.40. The molecular weight excluding hydrogens is 568 g/mol. The highest BCUT2D eigenvalue weighted by Gasteiger charge is 2.34. The molecule has 3 atom stereocenters. The summed E-state index contributed by atoms with van der Waals surface area (Å²) in [5, 5.41) is 10.1. The van der Waals surface area contributed by atoms with Crippen LogP contribution in [0.3, 0.4) is 0 Å². The topological polar surface area (TPSA) is 117 Å². The van der Waals surface area contributed by atoms with Crippen molar-refractivity contribution in [1.82, 2.24) is 30.2 Å². The van der Waals surface area contributed by atoms with Crippen molar-refractivity contribution in [2.75, 3.05) is 26.2 Å². The zero-order chi connectivity index (χ0) is 31.8. The van der Waals surface area contributed by atoms with E-state index in [0.29, 0.717) is 37.4 Å². The highest BCUT2D eigenvalue weighted by Crippen LogP contribution is 2.28. The fourth-order valence-electron chi connectivity index (χ4n) is 7.36. The van der Waals surface area contributed by atoms with Crippen LogP contribution in [0.15, 0.2) is 36.5 Å². The Morgan fingerprint density at radius 1 is 0.889 bits per heavy atom. The van der Waals surface area contributed by atoms with Crippen molar-refractivity contribution in [3.63, 3.8) is 0 Å². The van der Waals surface area contributed by atoms with E-state index in [-0.39, 0.29) is 29.4 Å². The summed E-state index contributed by atoms with van der Waals surface area (Å²) in [7, 11) is 1.73. The molecule has 1 aromatic carbocycles. The molecule has 3 amide bonds. The van der Waals surface area contributed by atoms with Gasteiger partial charge in [0, 0.05) is 58.2 Å². The van der Waals surface area contributed by atoms with Gasteiger partial charge in [-0.15, -0.1) is 0 Å². The summed E-state index contributed by atoms with van der Waals surface area (Å²) < 4.78 is 1.53. The minimum Gasteiger partial charge on any atom is -0.344 e. The van der Waals surface area contributed by atoms with Gasteiger partial charge in [0.15, 0.2) is 5.78 Å². The Kier molecular flexibility index (Phi) is 11.4. The second-order valence-corrected chi connectivity index (χ2v) is 13.1. The number of carbonyl (C=O) groups is 4. The van der Waals surface area contributed by atoms with E-state index in [1.807, 2.05) is 29.2 Å². The zero-order valence-corrected chi connectivity index (χ0v) is 27.0. The number of hydrogen-bond acceptors (Lipinski definition) is 6. The van der Waals surface area contributed by atoms with Gasteiger partial charge in [-0.1, -0.05) is 50.5 Å². The van der Waals surface area contributed by atoms with E-state index in [0.717, 1.165) is 75.8 Å². The lowest BCUT2D eigenvalue weighted by molar-refractivity contribution is -0.136. The molecule has 2 saturated heterocycles. The second kappa shape index (κ2) is 15.7. The number of nitrogens with one attached hydrogen (secondary N) is 2. The third-order valence-electron chi connectivity index (χ3n) is 10.0. The molecule has 1 saturated carbocycles. The molecule has 0 spiro atoms. The highest BCUT2D eigenvalue weighted by atomic mass is 16.2. The second-order valence-electron chi connectivity index (χ2n) is 13.1. The Labute approximate surface area is 267 Å². The molecule has 244 valence electrons. The Bertz CT molecular complexity index is 1320. The zero-order valence-electron chi connectivity index (χ0n) is 27.0. The van der Waals surface area contributed by atoms with Crippen LogP contribution in [0.2, 0.25) is 0 Å². The summed E-state index contributed by atoms with van der Waals surface area (Å²) >= 11 is 0. The van der Waals surface area contributed by atoms with Crippen molar-refractivity contribution in [3.8, 4) is 0 Å². The number of ketones is 1. The van der Waals surface area contributed by atoms with Crippen molar-refractivity contribution in [2.45, 2.75) is 102 Å². The highest BCUT2D eigenvalue weighted by molar-refractivity contribution is 5.97. The summed E-state index contributed by atoms with van der Waals surface area (Å²) in [5.41, 5.74) is 2.45. The maximum atomic E-state index is 13.7. The van der Waals surface area contributed by atoms with Crippen molar-refractivity contribution in [2.24, 2.45) is 13.0 Å². The maximum Gasteiger partial charge on any atom is 0.270 e. The van der Waals surface area contributed by atoms with Gasteiger partial charge in [0.05, 0.1) is 6.04 Å². The number of aromatic nitrogens is 2. The molecule has 3 heterocycles. The van der Waals surface area contributed by atoms with Crippen LogP contribution in [0, 0.1) is 5.92 Å². The van der Waals surface area contributed by atoms with Gasteiger partial charge in [-0.05, 0) is 68.2 Å². The van der Waals surface area contributed by atoms with Gasteiger partial charge in [-0.2, -0.15) is 5.10 Å². The number of amides is 3. The van der Waals surface area contributed by atoms with Gasteiger partial charge < -0.3 is 15.5 Å². The molecule has 0 bridgehead atoms. The predicted octanol–water partition coefficient (Wildman–Crippen LogP) is 3.43. The molecule has 2 N–H and O–H groups in total. The Morgan fingerprint density at radius 2 is 1.62 bits per heavy atom. The molecule has 1 unspecified atom stereocenters. The quantitative estimate of drug-likeness (QED) is 0.377. The average Bonchev–Trinajstić information content (AvgIpc) is 3.65. The molecule has 0 radical (unpaired) electrons. The average molecular weight is 619 g/mol. The van der Waals surface area contributed by atoms with E-state index < -0.39 is 12.1 Å². The molecule has 2 aliphatic heterocycles. The third kappa shape index (κ3) is 8.60. The van der Waals surface area contributed by atoms with E-state index >= 15 is 0 Å². The number of Topliss-reactive ketones (excluding diaryl/α,β-unsaturated/α-hetero) is 1. The molecule has 2 aromatic rings.